The Bertz CT molecular complexity index is 1190. The highest BCUT2D eigenvalue weighted by Crippen LogP contribution is 2.20. The van der Waals surface area contributed by atoms with Crippen LogP contribution in [-0.4, -0.2) is 77.7 Å². The summed E-state index contributed by atoms with van der Waals surface area (Å²) < 4.78 is 5.28. The molecule has 0 aliphatic carbocycles. The number of anilines is 1. The number of amides is 2. The third-order valence-corrected chi connectivity index (χ3v) is 6.90. The summed E-state index contributed by atoms with van der Waals surface area (Å²) in [5.41, 5.74) is 2.39. The largest absolute Gasteiger partial charge is 0.497 e. The molecule has 1 aromatic heterocycles. The Hall–Kier alpha value is -3.94. The molecule has 1 atom stereocenters. The van der Waals surface area contributed by atoms with E-state index in [1.807, 2.05) is 61.2 Å². The van der Waals surface area contributed by atoms with Crippen LogP contribution in [-0.2, 0) is 4.79 Å². The minimum Gasteiger partial charge on any atom is -0.497 e. The Labute approximate surface area is 218 Å². The van der Waals surface area contributed by atoms with Crippen LogP contribution in [0.3, 0.4) is 0 Å². The molecule has 1 fully saturated rings. The summed E-state index contributed by atoms with van der Waals surface area (Å²) in [5.74, 6) is 1.23. The first kappa shape index (κ1) is 26.1. The van der Waals surface area contributed by atoms with Gasteiger partial charge in [0, 0.05) is 43.3 Å². The van der Waals surface area contributed by atoms with Crippen LogP contribution in [0.2, 0.25) is 0 Å². The van der Waals surface area contributed by atoms with Crippen LogP contribution in [0, 0.1) is 0 Å². The molecule has 37 heavy (non-hydrogen) atoms. The number of nitrogens with zero attached hydrogens (tertiary/aromatic N) is 5. The first-order valence-electron chi connectivity index (χ1n) is 12.9. The Morgan fingerprint density at radius 3 is 2.49 bits per heavy atom. The van der Waals surface area contributed by atoms with E-state index in [0.717, 1.165) is 36.5 Å². The Balaban J connectivity index is 1.40. The van der Waals surface area contributed by atoms with Crippen LogP contribution < -0.4 is 9.64 Å². The fourth-order valence-corrected chi connectivity index (χ4v) is 4.47. The van der Waals surface area contributed by atoms with E-state index >= 15 is 0 Å². The maximum atomic E-state index is 13.3. The van der Waals surface area contributed by atoms with E-state index < -0.39 is 0 Å². The van der Waals surface area contributed by atoms with Crippen molar-refractivity contribution >= 4 is 17.6 Å². The molecule has 2 aromatic carbocycles. The van der Waals surface area contributed by atoms with Crippen molar-refractivity contribution in [2.24, 2.45) is 0 Å². The molecule has 0 radical (unpaired) electrons. The zero-order valence-electron chi connectivity index (χ0n) is 21.8. The van der Waals surface area contributed by atoms with Gasteiger partial charge in [0.25, 0.3) is 5.91 Å². The molecule has 0 N–H and O–H groups in total. The second-order valence-electron chi connectivity index (χ2n) is 9.29. The van der Waals surface area contributed by atoms with E-state index in [0.29, 0.717) is 30.9 Å². The smallest absolute Gasteiger partial charge is 0.254 e. The zero-order valence-corrected chi connectivity index (χ0v) is 21.8. The summed E-state index contributed by atoms with van der Waals surface area (Å²) >= 11 is 0. The molecule has 1 aliphatic heterocycles. The van der Waals surface area contributed by atoms with E-state index in [1.165, 1.54) is 0 Å². The molecule has 1 saturated heterocycles. The van der Waals surface area contributed by atoms with Gasteiger partial charge >= 0.3 is 0 Å². The van der Waals surface area contributed by atoms with Crippen LogP contribution in [0.5, 0.6) is 5.75 Å². The first-order valence-corrected chi connectivity index (χ1v) is 12.9. The van der Waals surface area contributed by atoms with Crippen molar-refractivity contribution in [3.63, 3.8) is 0 Å². The van der Waals surface area contributed by atoms with Crippen molar-refractivity contribution in [3.05, 3.63) is 72.3 Å². The topological polar surface area (TPSA) is 78.9 Å². The van der Waals surface area contributed by atoms with Crippen LogP contribution >= 0.6 is 0 Å². The van der Waals surface area contributed by atoms with Crippen molar-refractivity contribution in [2.75, 3.05) is 44.7 Å². The third-order valence-electron chi connectivity index (χ3n) is 6.90. The molecular weight excluding hydrogens is 466 g/mol. The van der Waals surface area contributed by atoms with Crippen molar-refractivity contribution in [1.29, 1.82) is 0 Å². The Morgan fingerprint density at radius 1 is 0.973 bits per heavy atom. The molecule has 2 heterocycles. The summed E-state index contributed by atoms with van der Waals surface area (Å²) in [5, 5.41) is 8.87. The lowest BCUT2D eigenvalue weighted by molar-refractivity contribution is -0.132. The van der Waals surface area contributed by atoms with Gasteiger partial charge in [-0.25, -0.2) is 0 Å². The summed E-state index contributed by atoms with van der Waals surface area (Å²) in [7, 11) is 1.57. The number of carbonyl (C=O) groups excluding carboxylic acids is 2. The highest BCUT2D eigenvalue weighted by Gasteiger charge is 2.27. The van der Waals surface area contributed by atoms with Crippen molar-refractivity contribution in [1.82, 2.24) is 20.0 Å². The van der Waals surface area contributed by atoms with Gasteiger partial charge in [-0.2, -0.15) is 0 Å². The molecule has 194 valence electrons. The quantitative estimate of drug-likeness (QED) is 0.462. The monoisotopic (exact) mass is 501 g/mol. The summed E-state index contributed by atoms with van der Waals surface area (Å²) in [6, 6.07) is 21.0. The number of carbonyl (C=O) groups is 2. The fourth-order valence-electron chi connectivity index (χ4n) is 4.47. The molecule has 1 aliphatic rings. The molecule has 3 aromatic rings. The molecule has 4 rings (SSSR count). The average molecular weight is 502 g/mol. The van der Waals surface area contributed by atoms with Gasteiger partial charge in [-0.05, 0) is 50.1 Å². The van der Waals surface area contributed by atoms with Gasteiger partial charge in [0.2, 0.25) is 5.91 Å². The maximum Gasteiger partial charge on any atom is 0.254 e. The summed E-state index contributed by atoms with van der Waals surface area (Å²) in [4.78, 5) is 32.4. The van der Waals surface area contributed by atoms with Crippen molar-refractivity contribution in [2.45, 2.75) is 32.7 Å². The van der Waals surface area contributed by atoms with Crippen LogP contribution in [0.25, 0.3) is 11.3 Å². The van der Waals surface area contributed by atoms with E-state index in [2.05, 4.69) is 15.1 Å². The second-order valence-corrected chi connectivity index (χ2v) is 9.29. The molecule has 1 unspecified atom stereocenters. The number of methoxy groups -OCH3 is 1. The molecule has 2 amide bonds. The lowest BCUT2D eigenvalue weighted by Crippen LogP contribution is -2.47. The zero-order chi connectivity index (χ0) is 26.2. The Morgan fingerprint density at radius 2 is 1.78 bits per heavy atom. The third kappa shape index (κ3) is 6.44. The van der Waals surface area contributed by atoms with Gasteiger partial charge in [0.15, 0.2) is 5.82 Å². The predicted molar refractivity (Wildman–Crippen MR) is 145 cm³/mol. The van der Waals surface area contributed by atoms with Crippen LogP contribution in [0.15, 0.2) is 66.7 Å². The first-order chi connectivity index (χ1) is 18.0. The van der Waals surface area contributed by atoms with Gasteiger partial charge in [0.05, 0.1) is 12.8 Å². The number of hydrogen-bond donors (Lipinski definition) is 0. The van der Waals surface area contributed by atoms with Gasteiger partial charge < -0.3 is 19.4 Å². The molecule has 8 heteroatoms. The lowest BCUT2D eigenvalue weighted by Gasteiger charge is -2.31. The molecular formula is C29H35N5O3. The second kappa shape index (κ2) is 12.3. The van der Waals surface area contributed by atoms with E-state index in [-0.39, 0.29) is 24.4 Å². The number of aromatic nitrogens is 2. The highest BCUT2D eigenvalue weighted by atomic mass is 16.5. The maximum absolute atomic E-state index is 13.3. The van der Waals surface area contributed by atoms with E-state index in [9.17, 15) is 9.59 Å². The van der Waals surface area contributed by atoms with Crippen LogP contribution in [0.4, 0.5) is 5.82 Å². The standard InChI is InChI=1S/C29H35N5O3/c1-4-22(2)34(29(36)24-12-8-13-25(20-24)37-3)21-28(35)33-17-9-16-32(18-19-33)27-15-14-26(30-31-27)23-10-6-5-7-11-23/h5-8,10-15,20,22H,4,9,16-19,21H2,1-3H3. The minimum absolute atomic E-state index is 0.0381. The van der Waals surface area contributed by atoms with Crippen molar-refractivity contribution < 1.29 is 14.3 Å². The number of rotatable bonds is 8. The Kier molecular flexibility index (Phi) is 8.72. The summed E-state index contributed by atoms with van der Waals surface area (Å²) in [6.45, 7) is 6.73. The van der Waals surface area contributed by atoms with Gasteiger partial charge in [-0.1, -0.05) is 43.3 Å². The fraction of sp³-hybridized carbons (Fsp3) is 0.379. The minimum atomic E-state index is -0.160. The summed E-state index contributed by atoms with van der Waals surface area (Å²) in [6.07, 6.45) is 1.58. The van der Waals surface area contributed by atoms with E-state index in [4.69, 9.17) is 4.74 Å². The number of hydrogen-bond acceptors (Lipinski definition) is 6. The molecule has 0 spiro atoms. The SMILES string of the molecule is CCC(C)N(CC(=O)N1CCCN(c2ccc(-c3ccccc3)nn2)CC1)C(=O)c1cccc(OC)c1. The van der Waals surface area contributed by atoms with E-state index in [1.54, 1.807) is 36.3 Å². The van der Waals surface area contributed by atoms with Gasteiger partial charge in [-0.3, -0.25) is 9.59 Å². The van der Waals surface area contributed by atoms with Gasteiger partial charge in [0.1, 0.15) is 12.3 Å². The molecule has 0 bridgehead atoms. The molecule has 0 saturated carbocycles. The normalized spacial score (nSPS) is 14.6. The molecule has 8 nitrogen and oxygen atoms in total. The number of benzene rings is 2. The average Bonchev–Trinajstić information content (AvgIpc) is 3.22. The van der Waals surface area contributed by atoms with Crippen molar-refractivity contribution in [3.8, 4) is 17.0 Å². The van der Waals surface area contributed by atoms with Crippen LogP contribution in [0.1, 0.15) is 37.0 Å². The number of ether oxygens (including phenoxy) is 1. The predicted octanol–water partition coefficient (Wildman–Crippen LogP) is 4.13. The highest BCUT2D eigenvalue weighted by molar-refractivity contribution is 5.97. The van der Waals surface area contributed by atoms with Gasteiger partial charge in [-0.15, -0.1) is 10.2 Å². The lowest BCUT2D eigenvalue weighted by atomic mass is 10.1.